The summed E-state index contributed by atoms with van der Waals surface area (Å²) in [5.41, 5.74) is 1.60. The molecule has 37 heavy (non-hydrogen) atoms. The first-order valence-corrected chi connectivity index (χ1v) is 12.1. The molecular weight excluding hydrogens is 497 g/mol. The van der Waals surface area contributed by atoms with Crippen LogP contribution in [0.5, 0.6) is 11.5 Å². The lowest BCUT2D eigenvalue weighted by Crippen LogP contribution is -2.25. The number of halogens is 1. The van der Waals surface area contributed by atoms with Crippen molar-refractivity contribution in [2.24, 2.45) is 0 Å². The molecule has 0 fully saturated rings. The Balaban J connectivity index is 1.49. The second-order valence-corrected chi connectivity index (χ2v) is 8.60. The molecule has 0 radical (unpaired) electrons. The summed E-state index contributed by atoms with van der Waals surface area (Å²) in [6.45, 7) is 0.0415. The van der Waals surface area contributed by atoms with E-state index in [0.29, 0.717) is 39.4 Å². The fourth-order valence-electron chi connectivity index (χ4n) is 3.45. The van der Waals surface area contributed by atoms with Gasteiger partial charge in [-0.1, -0.05) is 23.9 Å². The summed E-state index contributed by atoms with van der Waals surface area (Å²) in [5, 5.41) is 14.5. The number of nitrogens with zero attached hydrogens (tertiary/aromatic N) is 3. The molecule has 4 aromatic rings. The van der Waals surface area contributed by atoms with Crippen molar-refractivity contribution >= 4 is 29.3 Å². The first-order chi connectivity index (χ1) is 18.0. The van der Waals surface area contributed by atoms with Gasteiger partial charge in [0.2, 0.25) is 5.91 Å². The van der Waals surface area contributed by atoms with Crippen LogP contribution >= 0.6 is 11.8 Å². The number of carbonyl (C=O) groups is 2. The van der Waals surface area contributed by atoms with Crippen molar-refractivity contribution in [3.05, 3.63) is 90.0 Å². The van der Waals surface area contributed by atoms with E-state index in [1.807, 2.05) is 0 Å². The van der Waals surface area contributed by atoms with Crippen molar-refractivity contribution in [2.75, 3.05) is 25.3 Å². The summed E-state index contributed by atoms with van der Waals surface area (Å²) < 4.78 is 25.6. The molecule has 3 aromatic carbocycles. The number of benzene rings is 3. The number of amides is 2. The normalized spacial score (nSPS) is 10.6. The van der Waals surface area contributed by atoms with Gasteiger partial charge < -0.3 is 20.1 Å². The highest BCUT2D eigenvalue weighted by molar-refractivity contribution is 7.99. The van der Waals surface area contributed by atoms with Crippen molar-refractivity contribution in [3.63, 3.8) is 0 Å². The highest BCUT2D eigenvalue weighted by Gasteiger charge is 2.18. The van der Waals surface area contributed by atoms with E-state index in [1.54, 1.807) is 72.3 Å². The molecule has 2 N–H and O–H groups in total. The van der Waals surface area contributed by atoms with E-state index in [4.69, 9.17) is 9.47 Å². The third-order valence-electron chi connectivity index (χ3n) is 5.25. The Morgan fingerprint density at radius 3 is 2.38 bits per heavy atom. The second kappa shape index (κ2) is 12.0. The van der Waals surface area contributed by atoms with Crippen LogP contribution in [0.15, 0.2) is 78.0 Å². The van der Waals surface area contributed by atoms with Gasteiger partial charge in [0.15, 0.2) is 11.0 Å². The Bertz CT molecular complexity index is 1380. The maximum Gasteiger partial charge on any atom is 0.255 e. The van der Waals surface area contributed by atoms with Crippen LogP contribution in [0, 0.1) is 5.82 Å². The van der Waals surface area contributed by atoms with Crippen LogP contribution in [0.4, 0.5) is 10.1 Å². The largest absolute Gasteiger partial charge is 0.497 e. The monoisotopic (exact) mass is 521 g/mol. The summed E-state index contributed by atoms with van der Waals surface area (Å²) in [4.78, 5) is 25.3. The third kappa shape index (κ3) is 6.44. The molecule has 4 rings (SSSR count). The van der Waals surface area contributed by atoms with Gasteiger partial charge in [-0.05, 0) is 60.7 Å². The fourth-order valence-corrected chi connectivity index (χ4v) is 4.22. The topological polar surface area (TPSA) is 107 Å². The first-order valence-electron chi connectivity index (χ1n) is 11.2. The average molecular weight is 522 g/mol. The van der Waals surface area contributed by atoms with Crippen molar-refractivity contribution in [1.29, 1.82) is 0 Å². The minimum atomic E-state index is -0.393. The molecule has 0 spiro atoms. The van der Waals surface area contributed by atoms with Crippen molar-refractivity contribution in [1.82, 2.24) is 20.1 Å². The predicted molar refractivity (Wildman–Crippen MR) is 138 cm³/mol. The summed E-state index contributed by atoms with van der Waals surface area (Å²) >= 11 is 1.16. The van der Waals surface area contributed by atoms with E-state index in [-0.39, 0.29) is 24.1 Å². The number of hydrogen-bond acceptors (Lipinski definition) is 7. The summed E-state index contributed by atoms with van der Waals surface area (Å²) in [7, 11) is 3.06. The molecule has 0 saturated carbocycles. The number of methoxy groups -OCH3 is 2. The van der Waals surface area contributed by atoms with Crippen LogP contribution in [-0.4, -0.2) is 46.6 Å². The van der Waals surface area contributed by atoms with E-state index < -0.39 is 5.82 Å². The van der Waals surface area contributed by atoms with E-state index in [1.165, 1.54) is 19.2 Å². The molecule has 11 heteroatoms. The van der Waals surface area contributed by atoms with Crippen molar-refractivity contribution in [2.45, 2.75) is 11.7 Å². The molecule has 9 nitrogen and oxygen atoms in total. The number of anilines is 1. The number of para-hydroxylation sites is 1. The van der Waals surface area contributed by atoms with Gasteiger partial charge in [0.05, 0.1) is 32.1 Å². The molecule has 190 valence electrons. The van der Waals surface area contributed by atoms with Crippen LogP contribution in [0.2, 0.25) is 0 Å². The molecule has 0 aliphatic carbocycles. The standard InChI is InChI=1S/C26H24FN5O4S/c1-35-20-13-9-18(10-14-20)29-24(33)16-37-26-31-30-23(32(26)19-11-7-17(27)8-12-19)15-28-25(34)21-5-3-4-6-22(21)36-2/h3-14H,15-16H2,1-2H3,(H,28,34)(H,29,33). The number of rotatable bonds is 10. The highest BCUT2D eigenvalue weighted by Crippen LogP contribution is 2.24. The van der Waals surface area contributed by atoms with Gasteiger partial charge in [-0.2, -0.15) is 0 Å². The number of ether oxygens (including phenoxy) is 2. The number of aromatic nitrogens is 3. The minimum absolute atomic E-state index is 0.0415. The zero-order valence-corrected chi connectivity index (χ0v) is 20.9. The van der Waals surface area contributed by atoms with Gasteiger partial charge in [0.1, 0.15) is 17.3 Å². The Morgan fingerprint density at radius 2 is 1.68 bits per heavy atom. The first kappa shape index (κ1) is 25.7. The number of carbonyl (C=O) groups excluding carboxylic acids is 2. The highest BCUT2D eigenvalue weighted by atomic mass is 32.2. The molecule has 2 amide bonds. The van der Waals surface area contributed by atoms with Crippen LogP contribution < -0.4 is 20.1 Å². The van der Waals surface area contributed by atoms with Gasteiger partial charge in [-0.3, -0.25) is 14.2 Å². The van der Waals surface area contributed by atoms with Crippen LogP contribution in [0.3, 0.4) is 0 Å². The Morgan fingerprint density at radius 1 is 0.946 bits per heavy atom. The molecule has 0 unspecified atom stereocenters. The molecule has 0 aliphatic rings. The van der Waals surface area contributed by atoms with Crippen LogP contribution in [0.1, 0.15) is 16.2 Å². The summed E-state index contributed by atoms with van der Waals surface area (Å²) in [6, 6.07) is 19.6. The van der Waals surface area contributed by atoms with Crippen molar-refractivity contribution in [3.8, 4) is 17.2 Å². The molecule has 0 bridgehead atoms. The summed E-state index contributed by atoms with van der Waals surface area (Å²) in [6.07, 6.45) is 0. The number of nitrogens with one attached hydrogen (secondary N) is 2. The van der Waals surface area contributed by atoms with E-state index in [0.717, 1.165) is 11.8 Å². The van der Waals surface area contributed by atoms with Gasteiger partial charge in [0.25, 0.3) is 5.91 Å². The van der Waals surface area contributed by atoms with Crippen LogP contribution in [0.25, 0.3) is 5.69 Å². The third-order valence-corrected chi connectivity index (χ3v) is 6.18. The molecule has 1 aromatic heterocycles. The second-order valence-electron chi connectivity index (χ2n) is 7.66. The molecule has 0 aliphatic heterocycles. The average Bonchev–Trinajstić information content (AvgIpc) is 3.34. The molecule has 0 saturated heterocycles. The number of hydrogen-bond donors (Lipinski definition) is 2. The SMILES string of the molecule is COc1ccc(NC(=O)CSc2nnc(CNC(=O)c3ccccc3OC)n2-c2ccc(F)cc2)cc1. The molecule has 0 atom stereocenters. The van der Waals surface area contributed by atoms with Crippen LogP contribution in [-0.2, 0) is 11.3 Å². The van der Waals surface area contributed by atoms with E-state index >= 15 is 0 Å². The lowest BCUT2D eigenvalue weighted by Gasteiger charge is -2.12. The minimum Gasteiger partial charge on any atom is -0.497 e. The van der Waals surface area contributed by atoms with E-state index in [2.05, 4.69) is 20.8 Å². The van der Waals surface area contributed by atoms with Gasteiger partial charge in [-0.25, -0.2) is 4.39 Å². The van der Waals surface area contributed by atoms with Gasteiger partial charge in [-0.15, -0.1) is 10.2 Å². The Labute approximate surface area is 217 Å². The lowest BCUT2D eigenvalue weighted by atomic mass is 10.2. The van der Waals surface area contributed by atoms with Gasteiger partial charge >= 0.3 is 0 Å². The summed E-state index contributed by atoms with van der Waals surface area (Å²) in [5.74, 6) is 0.612. The zero-order chi connectivity index (χ0) is 26.2. The van der Waals surface area contributed by atoms with Gasteiger partial charge in [0, 0.05) is 11.4 Å². The fraction of sp³-hybridized carbons (Fsp3) is 0.154. The maximum absolute atomic E-state index is 13.6. The van der Waals surface area contributed by atoms with E-state index in [9.17, 15) is 14.0 Å². The smallest absolute Gasteiger partial charge is 0.255 e. The zero-order valence-electron chi connectivity index (χ0n) is 20.1. The number of thioether (sulfide) groups is 1. The van der Waals surface area contributed by atoms with Crippen molar-refractivity contribution < 1.29 is 23.5 Å². The quantitative estimate of drug-likeness (QED) is 0.303. The lowest BCUT2D eigenvalue weighted by molar-refractivity contribution is -0.113. The maximum atomic E-state index is 13.6. The Kier molecular flexibility index (Phi) is 8.37. The molecular formula is C26H24FN5O4S. The predicted octanol–water partition coefficient (Wildman–Crippen LogP) is 4.08. The molecule has 1 heterocycles. The Hall–Kier alpha value is -4.38.